The average molecular weight is 409 g/mol. The number of alkyl halides is 1. The number of benzene rings is 2. The highest BCUT2D eigenvalue weighted by molar-refractivity contribution is 5.26. The van der Waals surface area contributed by atoms with Crippen molar-refractivity contribution in [3.05, 3.63) is 71.3 Å². The molecule has 2 atom stereocenters. The van der Waals surface area contributed by atoms with Gasteiger partial charge in [0.15, 0.2) is 0 Å². The summed E-state index contributed by atoms with van der Waals surface area (Å²) >= 11 is 0. The smallest absolute Gasteiger partial charge is 0.107 e. The Bertz CT molecular complexity index is 736. The van der Waals surface area contributed by atoms with E-state index < -0.39 is 6.17 Å². The van der Waals surface area contributed by atoms with Crippen molar-refractivity contribution in [3.8, 4) is 6.07 Å². The van der Waals surface area contributed by atoms with Gasteiger partial charge in [0.05, 0.1) is 6.07 Å². The van der Waals surface area contributed by atoms with E-state index in [-0.39, 0.29) is 5.92 Å². The van der Waals surface area contributed by atoms with Gasteiger partial charge in [-0.05, 0) is 61.9 Å². The van der Waals surface area contributed by atoms with Crippen LogP contribution < -0.4 is 0 Å². The van der Waals surface area contributed by atoms with E-state index >= 15 is 0 Å². The minimum Gasteiger partial charge on any atom is -0.299 e. The van der Waals surface area contributed by atoms with E-state index in [4.69, 9.17) is 5.26 Å². The number of nitriles is 1. The third-order valence-electron chi connectivity index (χ3n) is 5.82. The Morgan fingerprint density at radius 3 is 2.27 bits per heavy atom. The van der Waals surface area contributed by atoms with E-state index in [9.17, 15) is 4.39 Å². The SMILES string of the molecule is CC#N.CCCN(CCCc1ccc(C2CCCCC2F)cc1)Cc1ccccc1. The van der Waals surface area contributed by atoms with Crippen LogP contribution in [0, 0.1) is 11.3 Å². The molecule has 162 valence electrons. The maximum atomic E-state index is 14.2. The molecule has 0 N–H and O–H groups in total. The van der Waals surface area contributed by atoms with Crippen LogP contribution in [0.4, 0.5) is 4.39 Å². The molecule has 2 nitrogen and oxygen atoms in total. The van der Waals surface area contributed by atoms with E-state index in [0.717, 1.165) is 45.3 Å². The largest absolute Gasteiger partial charge is 0.299 e. The normalized spacial score (nSPS) is 18.4. The Balaban J connectivity index is 0.00000101. The van der Waals surface area contributed by atoms with Crippen LogP contribution in [0.3, 0.4) is 0 Å². The molecule has 0 saturated heterocycles. The fourth-order valence-corrected chi connectivity index (χ4v) is 4.33. The van der Waals surface area contributed by atoms with Gasteiger partial charge < -0.3 is 0 Å². The van der Waals surface area contributed by atoms with Gasteiger partial charge in [-0.25, -0.2) is 4.39 Å². The van der Waals surface area contributed by atoms with Crippen molar-refractivity contribution in [2.75, 3.05) is 13.1 Å². The average Bonchev–Trinajstić information content (AvgIpc) is 2.76. The lowest BCUT2D eigenvalue weighted by molar-refractivity contribution is 0.216. The van der Waals surface area contributed by atoms with Crippen molar-refractivity contribution in [1.29, 1.82) is 5.26 Å². The predicted octanol–water partition coefficient (Wildman–Crippen LogP) is 7.06. The molecule has 3 rings (SSSR count). The summed E-state index contributed by atoms with van der Waals surface area (Å²) < 4.78 is 14.2. The van der Waals surface area contributed by atoms with Crippen LogP contribution in [-0.2, 0) is 13.0 Å². The zero-order valence-electron chi connectivity index (χ0n) is 18.7. The second-order valence-corrected chi connectivity index (χ2v) is 8.24. The summed E-state index contributed by atoms with van der Waals surface area (Å²) in [6, 6.07) is 21.3. The Hall–Kier alpha value is -2.18. The molecule has 1 saturated carbocycles. The summed E-state index contributed by atoms with van der Waals surface area (Å²) in [5.41, 5.74) is 3.97. The number of halogens is 1. The number of aryl methyl sites for hydroxylation is 1. The predicted molar refractivity (Wildman–Crippen MR) is 124 cm³/mol. The zero-order chi connectivity index (χ0) is 21.6. The maximum absolute atomic E-state index is 14.2. The first-order valence-corrected chi connectivity index (χ1v) is 11.5. The third kappa shape index (κ3) is 8.28. The Morgan fingerprint density at radius 2 is 1.63 bits per heavy atom. The van der Waals surface area contributed by atoms with Crippen LogP contribution in [0.15, 0.2) is 54.6 Å². The highest BCUT2D eigenvalue weighted by Crippen LogP contribution is 2.35. The van der Waals surface area contributed by atoms with Gasteiger partial charge in [0.2, 0.25) is 0 Å². The first-order valence-electron chi connectivity index (χ1n) is 11.5. The molecule has 2 unspecified atom stereocenters. The first-order chi connectivity index (χ1) is 14.7. The second kappa shape index (κ2) is 13.9. The summed E-state index contributed by atoms with van der Waals surface area (Å²) in [7, 11) is 0. The second-order valence-electron chi connectivity index (χ2n) is 8.24. The number of hydrogen-bond donors (Lipinski definition) is 0. The fourth-order valence-electron chi connectivity index (χ4n) is 4.33. The maximum Gasteiger partial charge on any atom is 0.107 e. The van der Waals surface area contributed by atoms with Crippen LogP contribution in [0.5, 0.6) is 0 Å². The van der Waals surface area contributed by atoms with Gasteiger partial charge in [0.25, 0.3) is 0 Å². The molecular formula is C27H37FN2. The molecule has 30 heavy (non-hydrogen) atoms. The summed E-state index contributed by atoms with van der Waals surface area (Å²) in [6.07, 6.45) is 6.76. The van der Waals surface area contributed by atoms with Gasteiger partial charge in [-0.1, -0.05) is 74.4 Å². The van der Waals surface area contributed by atoms with Gasteiger partial charge in [0, 0.05) is 19.4 Å². The highest BCUT2D eigenvalue weighted by Gasteiger charge is 2.25. The molecule has 1 aliphatic carbocycles. The van der Waals surface area contributed by atoms with Crippen LogP contribution in [0.1, 0.15) is 75.0 Å². The molecule has 1 aliphatic rings. The van der Waals surface area contributed by atoms with E-state index in [0.29, 0.717) is 0 Å². The first kappa shape index (κ1) is 24.1. The van der Waals surface area contributed by atoms with Crippen LogP contribution in [0.25, 0.3) is 0 Å². The zero-order valence-corrected chi connectivity index (χ0v) is 18.7. The van der Waals surface area contributed by atoms with Crippen molar-refractivity contribution in [2.24, 2.45) is 0 Å². The minimum absolute atomic E-state index is 0.124. The number of nitrogens with zero attached hydrogens (tertiary/aromatic N) is 2. The van der Waals surface area contributed by atoms with Gasteiger partial charge in [-0.15, -0.1) is 0 Å². The fraction of sp³-hybridized carbons (Fsp3) is 0.519. The minimum atomic E-state index is -0.648. The van der Waals surface area contributed by atoms with Gasteiger partial charge in [-0.3, -0.25) is 4.90 Å². The standard InChI is InChI=1S/C25H34FN.C2H3N/c1-2-18-27(20-22-9-4-3-5-10-22)19-8-11-21-14-16-23(17-15-21)24-12-6-7-13-25(24)26;1-2-3/h3-5,9-10,14-17,24-25H,2,6-8,11-13,18-20H2,1H3;1H3. The van der Waals surface area contributed by atoms with Crippen LogP contribution in [0.2, 0.25) is 0 Å². The number of rotatable bonds is 9. The topological polar surface area (TPSA) is 27.0 Å². The molecule has 0 heterocycles. The van der Waals surface area contributed by atoms with E-state index in [2.05, 4.69) is 66.4 Å². The lowest BCUT2D eigenvalue weighted by Gasteiger charge is -2.26. The van der Waals surface area contributed by atoms with Gasteiger partial charge in [-0.2, -0.15) is 5.26 Å². The summed E-state index contributed by atoms with van der Waals surface area (Å²) in [5.74, 6) is 0.124. The molecule has 0 spiro atoms. The molecule has 2 aromatic carbocycles. The molecule has 0 radical (unpaired) electrons. The Morgan fingerprint density at radius 1 is 0.967 bits per heavy atom. The van der Waals surface area contributed by atoms with Gasteiger partial charge >= 0.3 is 0 Å². The van der Waals surface area contributed by atoms with E-state index in [1.165, 1.54) is 42.9 Å². The monoisotopic (exact) mass is 408 g/mol. The van der Waals surface area contributed by atoms with Crippen molar-refractivity contribution < 1.29 is 4.39 Å². The molecular weight excluding hydrogens is 371 g/mol. The van der Waals surface area contributed by atoms with Crippen molar-refractivity contribution in [3.63, 3.8) is 0 Å². The summed E-state index contributed by atoms with van der Waals surface area (Å²) in [5, 5.41) is 7.32. The molecule has 0 aromatic heterocycles. The lowest BCUT2D eigenvalue weighted by Crippen LogP contribution is -2.25. The van der Waals surface area contributed by atoms with E-state index in [1.807, 2.05) is 0 Å². The molecule has 3 heteroatoms. The van der Waals surface area contributed by atoms with Crippen molar-refractivity contribution in [2.45, 2.75) is 77.4 Å². The Labute approximate surface area is 182 Å². The summed E-state index contributed by atoms with van der Waals surface area (Å²) in [6.45, 7) is 6.99. The number of hydrogen-bond acceptors (Lipinski definition) is 2. The molecule has 2 aromatic rings. The molecule has 1 fully saturated rings. The lowest BCUT2D eigenvalue weighted by atomic mass is 9.82. The van der Waals surface area contributed by atoms with Crippen molar-refractivity contribution >= 4 is 0 Å². The molecule has 0 aliphatic heterocycles. The summed E-state index contributed by atoms with van der Waals surface area (Å²) in [4.78, 5) is 2.55. The van der Waals surface area contributed by atoms with Crippen molar-refractivity contribution in [1.82, 2.24) is 4.90 Å². The van der Waals surface area contributed by atoms with E-state index in [1.54, 1.807) is 6.07 Å². The highest BCUT2D eigenvalue weighted by atomic mass is 19.1. The molecule has 0 amide bonds. The van der Waals surface area contributed by atoms with Gasteiger partial charge in [0.1, 0.15) is 6.17 Å². The Kier molecular flexibility index (Phi) is 11.2. The van der Waals surface area contributed by atoms with Crippen LogP contribution >= 0.6 is 0 Å². The molecule has 0 bridgehead atoms. The quantitative estimate of drug-likeness (QED) is 0.444. The third-order valence-corrected chi connectivity index (χ3v) is 5.82. The van der Waals surface area contributed by atoms with Crippen LogP contribution in [-0.4, -0.2) is 24.2 Å².